The quantitative estimate of drug-likeness (QED) is 0.509. The lowest BCUT2D eigenvalue weighted by Gasteiger charge is -2.45. The second-order valence-corrected chi connectivity index (χ2v) is 12.5. The molecule has 7 atom stereocenters. The lowest BCUT2D eigenvalue weighted by atomic mass is 9.61. The molecule has 186 valence electrons. The first-order valence-electron chi connectivity index (χ1n) is 13.4. The van der Waals surface area contributed by atoms with E-state index in [0.29, 0.717) is 35.7 Å². The van der Waals surface area contributed by atoms with E-state index in [-0.39, 0.29) is 6.04 Å². The third kappa shape index (κ3) is 5.05. The SMILES string of the molecule is C=C1[C@H](O)CC(=C/C=C2\CCC[C@]3(C)[C@@H](C(C)CN4CCC[C@H]4C(C)(C)O)CC[C@@H]23)C[C@H]1O. The molecular formula is C29H47NO3. The van der Waals surface area contributed by atoms with Gasteiger partial charge in [0.25, 0.3) is 0 Å². The van der Waals surface area contributed by atoms with E-state index in [2.05, 4.69) is 37.5 Å². The Morgan fingerprint density at radius 1 is 1.12 bits per heavy atom. The van der Waals surface area contributed by atoms with E-state index < -0.39 is 17.8 Å². The first-order valence-corrected chi connectivity index (χ1v) is 13.4. The monoisotopic (exact) mass is 457 g/mol. The fourth-order valence-electron chi connectivity index (χ4n) is 7.98. The van der Waals surface area contributed by atoms with Gasteiger partial charge in [-0.15, -0.1) is 0 Å². The highest BCUT2D eigenvalue weighted by atomic mass is 16.3. The van der Waals surface area contributed by atoms with Crippen LogP contribution >= 0.6 is 0 Å². The zero-order chi connectivity index (χ0) is 24.0. The van der Waals surface area contributed by atoms with E-state index in [1.54, 1.807) is 5.57 Å². The zero-order valence-electron chi connectivity index (χ0n) is 21.4. The molecule has 4 fully saturated rings. The number of nitrogens with zero attached hydrogens (tertiary/aromatic N) is 1. The van der Waals surface area contributed by atoms with E-state index in [1.807, 2.05) is 13.8 Å². The van der Waals surface area contributed by atoms with Gasteiger partial charge in [-0.3, -0.25) is 4.90 Å². The molecule has 3 N–H and O–H groups in total. The first-order chi connectivity index (χ1) is 15.5. The van der Waals surface area contributed by atoms with Crippen molar-refractivity contribution in [1.82, 2.24) is 4.90 Å². The van der Waals surface area contributed by atoms with Crippen LogP contribution in [0.1, 0.15) is 85.5 Å². The van der Waals surface area contributed by atoms with Gasteiger partial charge in [-0.05, 0) is 107 Å². The summed E-state index contributed by atoms with van der Waals surface area (Å²) in [7, 11) is 0. The summed E-state index contributed by atoms with van der Waals surface area (Å²) in [6, 6.07) is 0.288. The Labute approximate surface area is 201 Å². The second kappa shape index (κ2) is 9.60. The van der Waals surface area contributed by atoms with Crippen LogP contribution in [-0.2, 0) is 0 Å². The van der Waals surface area contributed by atoms with Gasteiger partial charge in [0.05, 0.1) is 17.8 Å². The van der Waals surface area contributed by atoms with Crippen LogP contribution in [0.15, 0.2) is 35.5 Å². The molecule has 3 aliphatic carbocycles. The predicted molar refractivity (Wildman–Crippen MR) is 135 cm³/mol. The molecule has 0 aromatic rings. The summed E-state index contributed by atoms with van der Waals surface area (Å²) in [5.74, 6) is 2.01. The number of hydrogen-bond donors (Lipinski definition) is 3. The average molecular weight is 458 g/mol. The summed E-state index contributed by atoms with van der Waals surface area (Å²) in [6.07, 6.45) is 13.1. The Kier molecular flexibility index (Phi) is 7.32. The van der Waals surface area contributed by atoms with E-state index in [4.69, 9.17) is 0 Å². The van der Waals surface area contributed by atoms with E-state index in [9.17, 15) is 15.3 Å². The molecule has 1 unspecified atom stereocenters. The smallest absolute Gasteiger partial charge is 0.0809 e. The van der Waals surface area contributed by atoms with Crippen LogP contribution in [0.3, 0.4) is 0 Å². The van der Waals surface area contributed by atoms with Crippen molar-refractivity contribution in [1.29, 1.82) is 0 Å². The average Bonchev–Trinajstić information content (AvgIpc) is 3.34. The minimum Gasteiger partial charge on any atom is -0.389 e. The zero-order valence-corrected chi connectivity index (χ0v) is 21.4. The number of rotatable bonds is 5. The molecule has 4 nitrogen and oxygen atoms in total. The maximum absolute atomic E-state index is 10.7. The molecule has 4 aliphatic rings. The molecule has 1 saturated heterocycles. The van der Waals surface area contributed by atoms with Crippen molar-refractivity contribution in [3.8, 4) is 0 Å². The molecule has 4 rings (SSSR count). The van der Waals surface area contributed by atoms with Crippen LogP contribution in [0.4, 0.5) is 0 Å². The molecule has 0 spiro atoms. The molecule has 0 amide bonds. The van der Waals surface area contributed by atoms with Gasteiger partial charge in [0.15, 0.2) is 0 Å². The van der Waals surface area contributed by atoms with Crippen LogP contribution in [-0.4, -0.2) is 57.2 Å². The van der Waals surface area contributed by atoms with Gasteiger partial charge >= 0.3 is 0 Å². The summed E-state index contributed by atoms with van der Waals surface area (Å²) >= 11 is 0. The molecule has 1 aliphatic heterocycles. The molecule has 0 bridgehead atoms. The van der Waals surface area contributed by atoms with Crippen molar-refractivity contribution in [2.75, 3.05) is 13.1 Å². The van der Waals surface area contributed by atoms with Gasteiger partial charge in [-0.2, -0.15) is 0 Å². The number of likely N-dealkylation sites (tertiary alicyclic amines) is 1. The number of aliphatic hydroxyl groups excluding tert-OH is 2. The van der Waals surface area contributed by atoms with Crippen molar-refractivity contribution in [3.05, 3.63) is 35.5 Å². The number of allylic oxidation sites excluding steroid dienone is 3. The van der Waals surface area contributed by atoms with Crippen molar-refractivity contribution >= 4 is 0 Å². The minimum absolute atomic E-state index is 0.288. The van der Waals surface area contributed by atoms with Crippen molar-refractivity contribution < 1.29 is 15.3 Å². The van der Waals surface area contributed by atoms with Gasteiger partial charge in [-0.25, -0.2) is 0 Å². The first kappa shape index (κ1) is 25.2. The van der Waals surface area contributed by atoms with Crippen molar-refractivity contribution in [2.24, 2.45) is 23.2 Å². The van der Waals surface area contributed by atoms with E-state index >= 15 is 0 Å². The maximum atomic E-state index is 10.7. The van der Waals surface area contributed by atoms with Crippen molar-refractivity contribution in [2.45, 2.75) is 109 Å². The van der Waals surface area contributed by atoms with Gasteiger partial charge in [0.1, 0.15) is 0 Å². The fraction of sp³-hybridized carbons (Fsp3) is 0.793. The fourth-order valence-corrected chi connectivity index (χ4v) is 7.98. The van der Waals surface area contributed by atoms with Crippen LogP contribution < -0.4 is 0 Å². The highest BCUT2D eigenvalue weighted by Gasteiger charge is 2.51. The largest absolute Gasteiger partial charge is 0.389 e. The molecular weight excluding hydrogens is 410 g/mol. The van der Waals surface area contributed by atoms with Crippen LogP contribution in [0.5, 0.6) is 0 Å². The Bertz CT molecular complexity index is 777. The Morgan fingerprint density at radius 2 is 1.82 bits per heavy atom. The summed E-state index contributed by atoms with van der Waals surface area (Å²) < 4.78 is 0. The minimum atomic E-state index is -0.626. The van der Waals surface area contributed by atoms with Crippen molar-refractivity contribution in [3.63, 3.8) is 0 Å². The number of aliphatic hydroxyl groups is 3. The third-order valence-electron chi connectivity index (χ3n) is 9.73. The number of hydrogen-bond acceptors (Lipinski definition) is 4. The van der Waals surface area contributed by atoms with E-state index in [1.165, 1.54) is 38.5 Å². The molecule has 33 heavy (non-hydrogen) atoms. The Morgan fingerprint density at radius 3 is 2.48 bits per heavy atom. The van der Waals surface area contributed by atoms with E-state index in [0.717, 1.165) is 31.0 Å². The summed E-state index contributed by atoms with van der Waals surface area (Å²) in [6.45, 7) is 15.0. The van der Waals surface area contributed by atoms with Crippen LogP contribution in [0.2, 0.25) is 0 Å². The predicted octanol–water partition coefficient (Wildman–Crippen LogP) is 5.00. The Hall–Kier alpha value is -0.940. The number of fused-ring (bicyclic) bond motifs is 1. The normalized spacial score (nSPS) is 40.3. The topological polar surface area (TPSA) is 63.9 Å². The second-order valence-electron chi connectivity index (χ2n) is 12.5. The van der Waals surface area contributed by atoms with Crippen LogP contribution in [0.25, 0.3) is 0 Å². The molecule has 0 aromatic heterocycles. The standard InChI is InChI=1S/C29H47NO3/c1-19(18-30-15-7-9-27(30)28(3,4)33)23-12-13-24-22(8-6-14-29(23,24)5)11-10-21-16-25(31)20(2)26(32)17-21/h10-11,19,23-27,31-33H,2,6-9,12-18H2,1,3-5H3/b22-11+/t19?,23-,24+,25-,26-,27+,29-/m1/s1. The highest BCUT2D eigenvalue weighted by molar-refractivity contribution is 5.29. The summed E-state index contributed by atoms with van der Waals surface area (Å²) in [4.78, 5) is 2.57. The molecule has 0 aromatic carbocycles. The Balaban J connectivity index is 1.46. The van der Waals surface area contributed by atoms with Gasteiger partial charge in [0.2, 0.25) is 0 Å². The molecule has 4 heteroatoms. The van der Waals surface area contributed by atoms with Crippen LogP contribution in [0, 0.1) is 23.2 Å². The third-order valence-corrected chi connectivity index (χ3v) is 9.73. The van der Waals surface area contributed by atoms with Gasteiger partial charge in [0, 0.05) is 12.6 Å². The molecule has 3 saturated carbocycles. The lowest BCUT2D eigenvalue weighted by Crippen LogP contribution is -2.48. The maximum Gasteiger partial charge on any atom is 0.0809 e. The summed E-state index contributed by atoms with van der Waals surface area (Å²) in [5.41, 5.74) is 3.00. The molecule has 1 heterocycles. The molecule has 0 radical (unpaired) electrons. The highest BCUT2D eigenvalue weighted by Crippen LogP contribution is 2.59. The van der Waals surface area contributed by atoms with Gasteiger partial charge in [-0.1, -0.05) is 43.7 Å². The summed E-state index contributed by atoms with van der Waals surface area (Å²) in [5, 5.41) is 31.0. The lowest BCUT2D eigenvalue weighted by molar-refractivity contribution is -0.0143. The van der Waals surface area contributed by atoms with Gasteiger partial charge < -0.3 is 15.3 Å².